The van der Waals surface area contributed by atoms with E-state index in [0.29, 0.717) is 5.56 Å². The van der Waals surface area contributed by atoms with Gasteiger partial charge >= 0.3 is 5.97 Å². The minimum Gasteiger partial charge on any atom is -0.490 e. The van der Waals surface area contributed by atoms with E-state index < -0.39 is 11.9 Å². The number of aliphatic carboxylic acids is 1. The average Bonchev–Trinajstić information content (AvgIpc) is 2.25. The van der Waals surface area contributed by atoms with Crippen LogP contribution in [0, 0.1) is 0 Å². The Labute approximate surface area is 92.1 Å². The average molecular weight is 221 g/mol. The molecule has 0 aliphatic rings. The van der Waals surface area contributed by atoms with Crippen LogP contribution >= 0.6 is 0 Å². The first-order valence-electron chi connectivity index (χ1n) is 4.44. The van der Waals surface area contributed by atoms with Crippen LogP contribution in [0.5, 0.6) is 0 Å². The predicted molar refractivity (Wildman–Crippen MR) is 57.2 cm³/mol. The first kappa shape index (κ1) is 11.8. The summed E-state index contributed by atoms with van der Waals surface area (Å²) in [4.78, 5) is 22.1. The number of rotatable bonds is 4. The molecule has 0 spiro atoms. The Morgan fingerprint density at radius 3 is 2.19 bits per heavy atom. The topological polar surface area (TPSA) is 89.6 Å². The molecule has 0 aromatic heterocycles. The third-order valence-corrected chi connectivity index (χ3v) is 1.93. The number of hydrogen-bond acceptors (Lipinski definition) is 3. The highest BCUT2D eigenvalue weighted by atomic mass is 16.5. The Balaban J connectivity index is 3.40. The maximum atomic E-state index is 11.1. The quantitative estimate of drug-likeness (QED) is 0.576. The number of amides is 1. The van der Waals surface area contributed by atoms with Gasteiger partial charge in [-0.2, -0.15) is 0 Å². The summed E-state index contributed by atoms with van der Waals surface area (Å²) < 4.78 is 4.71. The van der Waals surface area contributed by atoms with Crippen LogP contribution in [0.1, 0.15) is 5.56 Å². The molecule has 0 saturated carbocycles. The largest absolute Gasteiger partial charge is 0.490 e. The summed E-state index contributed by atoms with van der Waals surface area (Å²) in [6.07, 6.45) is 0. The van der Waals surface area contributed by atoms with Crippen molar-refractivity contribution in [2.45, 2.75) is 0 Å². The van der Waals surface area contributed by atoms with E-state index in [0.717, 1.165) is 0 Å². The molecule has 0 fully saturated rings. The summed E-state index contributed by atoms with van der Waals surface area (Å²) in [5.41, 5.74) is 5.16. The number of benzene rings is 1. The molecule has 0 unspecified atom stereocenters. The van der Waals surface area contributed by atoms with Gasteiger partial charge in [-0.3, -0.25) is 4.79 Å². The molecule has 0 saturated heterocycles. The maximum absolute atomic E-state index is 11.1. The predicted octanol–water partition coefficient (Wildman–Crippen LogP) is 0.614. The Kier molecular flexibility index (Phi) is 3.66. The SMILES string of the molecule is COC(C(N)=O)=C(C(=O)O)c1ccccc1. The number of methoxy groups -OCH3 is 1. The highest BCUT2D eigenvalue weighted by molar-refractivity contribution is 6.21. The third kappa shape index (κ3) is 2.38. The molecule has 0 bridgehead atoms. The zero-order valence-corrected chi connectivity index (χ0v) is 8.64. The molecule has 1 amide bonds. The smallest absolute Gasteiger partial charge is 0.340 e. The van der Waals surface area contributed by atoms with Crippen LogP contribution in [0.2, 0.25) is 0 Å². The fourth-order valence-corrected chi connectivity index (χ4v) is 1.28. The van der Waals surface area contributed by atoms with E-state index in [1.54, 1.807) is 30.3 Å². The standard InChI is InChI=1S/C11H11NO4/c1-16-9(10(12)13)8(11(14)15)7-5-3-2-4-6-7/h2-6H,1H3,(H2,12,13)(H,14,15). The number of ether oxygens (including phenoxy) is 1. The van der Waals surface area contributed by atoms with Gasteiger partial charge in [-0.05, 0) is 5.56 Å². The molecular formula is C11H11NO4. The lowest BCUT2D eigenvalue weighted by molar-refractivity contribution is -0.131. The van der Waals surface area contributed by atoms with Gasteiger partial charge in [0, 0.05) is 0 Å². The number of carbonyl (C=O) groups excluding carboxylic acids is 1. The Morgan fingerprint density at radius 2 is 1.81 bits per heavy atom. The fraction of sp³-hybridized carbons (Fsp3) is 0.0909. The van der Waals surface area contributed by atoms with E-state index >= 15 is 0 Å². The molecule has 5 nitrogen and oxygen atoms in total. The lowest BCUT2D eigenvalue weighted by atomic mass is 10.0. The van der Waals surface area contributed by atoms with Crippen molar-refractivity contribution >= 4 is 17.4 Å². The molecule has 5 heteroatoms. The number of carboxylic acid groups (broad SMARTS) is 1. The molecule has 3 N–H and O–H groups in total. The summed E-state index contributed by atoms with van der Waals surface area (Å²) in [5, 5.41) is 9.03. The minimum absolute atomic E-state index is 0.240. The van der Waals surface area contributed by atoms with Crippen LogP contribution in [0.15, 0.2) is 36.1 Å². The van der Waals surface area contributed by atoms with Gasteiger partial charge < -0.3 is 15.6 Å². The van der Waals surface area contributed by atoms with Crippen LogP contribution in [0.3, 0.4) is 0 Å². The van der Waals surface area contributed by atoms with Gasteiger partial charge in [0.15, 0.2) is 5.76 Å². The molecule has 0 aliphatic heterocycles. The zero-order valence-electron chi connectivity index (χ0n) is 8.64. The molecule has 84 valence electrons. The Hall–Kier alpha value is -2.30. The van der Waals surface area contributed by atoms with Crippen LogP contribution in [-0.4, -0.2) is 24.1 Å². The fourth-order valence-electron chi connectivity index (χ4n) is 1.28. The lowest BCUT2D eigenvalue weighted by Gasteiger charge is -2.08. The normalized spacial score (nSPS) is 11.6. The maximum Gasteiger partial charge on any atom is 0.340 e. The molecule has 0 heterocycles. The molecule has 1 aromatic carbocycles. The second-order valence-corrected chi connectivity index (χ2v) is 2.94. The summed E-state index contributed by atoms with van der Waals surface area (Å²) in [6, 6.07) is 8.18. The summed E-state index contributed by atoms with van der Waals surface area (Å²) in [5.74, 6) is -2.54. The number of carbonyl (C=O) groups is 2. The van der Waals surface area contributed by atoms with Crippen LogP contribution in [0.4, 0.5) is 0 Å². The molecule has 1 aromatic rings. The van der Waals surface area contributed by atoms with E-state index in [1.165, 1.54) is 7.11 Å². The number of nitrogens with two attached hydrogens (primary N) is 1. The van der Waals surface area contributed by atoms with Crippen molar-refractivity contribution in [2.24, 2.45) is 5.73 Å². The highest BCUT2D eigenvalue weighted by Gasteiger charge is 2.21. The minimum atomic E-state index is -1.26. The second kappa shape index (κ2) is 4.97. The molecule has 0 aliphatic carbocycles. The lowest BCUT2D eigenvalue weighted by Crippen LogP contribution is -2.19. The van der Waals surface area contributed by atoms with Gasteiger partial charge in [-0.25, -0.2) is 4.79 Å². The number of primary amides is 1. The van der Waals surface area contributed by atoms with Crippen molar-refractivity contribution < 1.29 is 19.4 Å². The Bertz CT molecular complexity index is 437. The van der Waals surface area contributed by atoms with Crippen LogP contribution < -0.4 is 5.73 Å². The summed E-state index contributed by atoms with van der Waals surface area (Å²) in [6.45, 7) is 0. The molecule has 0 radical (unpaired) electrons. The first-order chi connectivity index (χ1) is 7.57. The van der Waals surface area contributed by atoms with Gasteiger partial charge in [0.05, 0.1) is 7.11 Å². The van der Waals surface area contributed by atoms with Crippen LogP contribution in [-0.2, 0) is 14.3 Å². The summed E-state index contributed by atoms with van der Waals surface area (Å²) in [7, 11) is 1.20. The van der Waals surface area contributed by atoms with E-state index in [2.05, 4.69) is 0 Å². The van der Waals surface area contributed by atoms with Gasteiger partial charge in [-0.1, -0.05) is 30.3 Å². The Morgan fingerprint density at radius 1 is 1.25 bits per heavy atom. The molecule has 0 atom stereocenters. The van der Waals surface area contributed by atoms with Gasteiger partial charge in [0.25, 0.3) is 5.91 Å². The molecule has 16 heavy (non-hydrogen) atoms. The monoisotopic (exact) mass is 221 g/mol. The first-order valence-corrected chi connectivity index (χ1v) is 4.44. The second-order valence-electron chi connectivity index (χ2n) is 2.94. The van der Waals surface area contributed by atoms with E-state index in [1.807, 2.05) is 0 Å². The van der Waals surface area contributed by atoms with Crippen LogP contribution in [0.25, 0.3) is 5.57 Å². The molecular weight excluding hydrogens is 210 g/mol. The zero-order chi connectivity index (χ0) is 12.1. The van der Waals surface area contributed by atoms with E-state index in [-0.39, 0.29) is 11.3 Å². The van der Waals surface area contributed by atoms with Crippen molar-refractivity contribution in [3.8, 4) is 0 Å². The molecule has 1 rings (SSSR count). The van der Waals surface area contributed by atoms with Crippen molar-refractivity contribution in [3.05, 3.63) is 41.7 Å². The number of hydrogen-bond donors (Lipinski definition) is 2. The third-order valence-electron chi connectivity index (χ3n) is 1.93. The van der Waals surface area contributed by atoms with Crippen molar-refractivity contribution in [1.29, 1.82) is 0 Å². The van der Waals surface area contributed by atoms with Gasteiger partial charge in [0.2, 0.25) is 0 Å². The van der Waals surface area contributed by atoms with Gasteiger partial charge in [0.1, 0.15) is 5.57 Å². The highest BCUT2D eigenvalue weighted by Crippen LogP contribution is 2.19. The van der Waals surface area contributed by atoms with Crippen molar-refractivity contribution in [3.63, 3.8) is 0 Å². The van der Waals surface area contributed by atoms with E-state index in [4.69, 9.17) is 15.6 Å². The summed E-state index contributed by atoms with van der Waals surface area (Å²) >= 11 is 0. The van der Waals surface area contributed by atoms with Gasteiger partial charge in [-0.15, -0.1) is 0 Å². The van der Waals surface area contributed by atoms with Crippen molar-refractivity contribution in [2.75, 3.05) is 7.11 Å². The van der Waals surface area contributed by atoms with E-state index in [9.17, 15) is 9.59 Å². The van der Waals surface area contributed by atoms with Crippen molar-refractivity contribution in [1.82, 2.24) is 0 Å². The number of carboxylic acids is 1.